The Labute approximate surface area is 272 Å². The summed E-state index contributed by atoms with van der Waals surface area (Å²) < 4.78 is 2.59. The predicted octanol–water partition coefficient (Wildman–Crippen LogP) is 13.2. The minimum Gasteiger partial charge on any atom is -0.309 e. The van der Waals surface area contributed by atoms with E-state index < -0.39 is 0 Å². The maximum Gasteiger partial charge on any atom is 0.0555 e. The molecule has 0 bridgehead atoms. The zero-order valence-electron chi connectivity index (χ0n) is 25.1. The first-order valence-corrected chi connectivity index (χ1v) is 16.5. The monoisotopic (exact) mass is 603 g/mol. The Morgan fingerprint density at radius 1 is 0.326 bits per heavy atom. The van der Waals surface area contributed by atoms with Gasteiger partial charge in [0.15, 0.2) is 0 Å². The molecule has 0 saturated heterocycles. The Bertz CT molecular complexity index is 2530. The highest BCUT2D eigenvalue weighted by Gasteiger charge is 2.23. The molecule has 9 rings (SSSR count). The number of rotatable bonds is 5. The van der Waals surface area contributed by atoms with Gasteiger partial charge in [0.05, 0.1) is 17.1 Å². The van der Waals surface area contributed by atoms with Gasteiger partial charge in [0.25, 0.3) is 0 Å². The van der Waals surface area contributed by atoms with Gasteiger partial charge in [-0.25, -0.2) is 0 Å². The van der Waals surface area contributed by atoms with Gasteiger partial charge < -0.3 is 4.90 Å². The lowest BCUT2D eigenvalue weighted by atomic mass is 9.90. The van der Waals surface area contributed by atoms with Crippen molar-refractivity contribution in [2.45, 2.75) is 0 Å². The first kappa shape index (κ1) is 26.7. The van der Waals surface area contributed by atoms with E-state index in [1.807, 2.05) is 11.3 Å². The van der Waals surface area contributed by atoms with Crippen LogP contribution in [0.1, 0.15) is 0 Å². The Hall–Kier alpha value is -5.70. The second-order valence-corrected chi connectivity index (χ2v) is 12.8. The number of hydrogen-bond acceptors (Lipinski definition) is 2. The molecule has 0 N–H and O–H groups in total. The van der Waals surface area contributed by atoms with Gasteiger partial charge in [-0.2, -0.15) is 0 Å². The van der Waals surface area contributed by atoms with E-state index in [-0.39, 0.29) is 0 Å². The van der Waals surface area contributed by atoms with Gasteiger partial charge in [0, 0.05) is 31.1 Å². The average Bonchev–Trinajstić information content (AvgIpc) is 3.51. The SMILES string of the molecule is c1ccc(-c2cccc3cccc(-c4ccccc4N(c4cccc5ccccc45)c4cccc5sc6ccccc6c45)c23)cc1. The van der Waals surface area contributed by atoms with Crippen LogP contribution < -0.4 is 4.90 Å². The summed E-state index contributed by atoms with van der Waals surface area (Å²) in [5.74, 6) is 0. The van der Waals surface area contributed by atoms with Crippen LogP contribution >= 0.6 is 11.3 Å². The van der Waals surface area contributed by atoms with E-state index in [0.29, 0.717) is 0 Å². The van der Waals surface area contributed by atoms with E-state index in [1.165, 1.54) is 69.7 Å². The van der Waals surface area contributed by atoms with Gasteiger partial charge in [-0.1, -0.05) is 146 Å². The van der Waals surface area contributed by atoms with Crippen molar-refractivity contribution in [2.75, 3.05) is 4.90 Å². The topological polar surface area (TPSA) is 3.24 Å². The van der Waals surface area contributed by atoms with Gasteiger partial charge in [-0.15, -0.1) is 11.3 Å². The molecule has 2 heteroatoms. The molecule has 1 nitrogen and oxygen atoms in total. The van der Waals surface area contributed by atoms with Crippen LogP contribution in [0.3, 0.4) is 0 Å². The van der Waals surface area contributed by atoms with Gasteiger partial charge in [0.1, 0.15) is 0 Å². The average molecular weight is 604 g/mol. The van der Waals surface area contributed by atoms with Crippen LogP contribution in [0.2, 0.25) is 0 Å². The molecule has 0 atom stereocenters. The molecule has 1 heterocycles. The van der Waals surface area contributed by atoms with Crippen molar-refractivity contribution in [3.8, 4) is 22.3 Å². The standard InChI is InChI=1S/C44H29NS/c1-2-14-31(15-3-1)34-23-10-18-32-19-11-24-36(43(32)34)35-21-6-8-25-39(35)45(38-26-12-17-30-16-4-5-20-33(30)38)40-27-13-29-42-44(40)37-22-7-9-28-41(37)46-42/h1-29H. The Kier molecular flexibility index (Phi) is 6.40. The van der Waals surface area contributed by atoms with Crippen LogP contribution in [0.4, 0.5) is 17.1 Å². The molecular formula is C44H29NS. The van der Waals surface area contributed by atoms with Crippen molar-refractivity contribution in [1.29, 1.82) is 0 Å². The molecule has 0 aliphatic carbocycles. The molecular weight excluding hydrogens is 575 g/mol. The van der Waals surface area contributed by atoms with E-state index in [2.05, 4.69) is 181 Å². The lowest BCUT2D eigenvalue weighted by Crippen LogP contribution is -2.12. The predicted molar refractivity (Wildman–Crippen MR) is 200 cm³/mol. The van der Waals surface area contributed by atoms with Gasteiger partial charge in [0.2, 0.25) is 0 Å². The van der Waals surface area contributed by atoms with Crippen molar-refractivity contribution in [3.05, 3.63) is 176 Å². The number of anilines is 3. The van der Waals surface area contributed by atoms with Crippen molar-refractivity contribution < 1.29 is 0 Å². The summed E-state index contributed by atoms with van der Waals surface area (Å²) in [6.45, 7) is 0. The zero-order chi connectivity index (χ0) is 30.5. The lowest BCUT2D eigenvalue weighted by Gasteiger charge is -2.30. The van der Waals surface area contributed by atoms with E-state index in [1.54, 1.807) is 0 Å². The van der Waals surface area contributed by atoms with Crippen LogP contribution in [0.15, 0.2) is 176 Å². The molecule has 1 aromatic heterocycles. The molecule has 216 valence electrons. The highest BCUT2D eigenvalue weighted by atomic mass is 32.1. The molecule has 0 spiro atoms. The van der Waals surface area contributed by atoms with Gasteiger partial charge in [-0.3, -0.25) is 0 Å². The fourth-order valence-corrected chi connectivity index (χ4v) is 8.18. The molecule has 9 aromatic rings. The van der Waals surface area contributed by atoms with E-state index in [4.69, 9.17) is 0 Å². The summed E-state index contributed by atoms with van der Waals surface area (Å²) in [4.78, 5) is 2.50. The summed E-state index contributed by atoms with van der Waals surface area (Å²) >= 11 is 1.86. The van der Waals surface area contributed by atoms with E-state index >= 15 is 0 Å². The molecule has 0 fully saturated rings. The largest absolute Gasteiger partial charge is 0.309 e. The minimum absolute atomic E-state index is 1.15. The molecule has 0 amide bonds. The molecule has 46 heavy (non-hydrogen) atoms. The molecule has 8 aromatic carbocycles. The summed E-state index contributed by atoms with van der Waals surface area (Å²) in [6, 6.07) is 64.0. The third kappa shape index (κ3) is 4.30. The first-order chi connectivity index (χ1) is 22.8. The second kappa shape index (κ2) is 11.0. The van der Waals surface area contributed by atoms with Crippen molar-refractivity contribution in [3.63, 3.8) is 0 Å². The fourth-order valence-electron chi connectivity index (χ4n) is 7.05. The Morgan fingerprint density at radius 3 is 1.78 bits per heavy atom. The van der Waals surface area contributed by atoms with Crippen LogP contribution in [0, 0.1) is 0 Å². The maximum absolute atomic E-state index is 2.50. The number of benzene rings is 8. The molecule has 0 aliphatic heterocycles. The van der Waals surface area contributed by atoms with Crippen LogP contribution in [-0.4, -0.2) is 0 Å². The highest BCUT2D eigenvalue weighted by Crippen LogP contribution is 2.49. The van der Waals surface area contributed by atoms with E-state index in [0.717, 1.165) is 11.4 Å². The second-order valence-electron chi connectivity index (χ2n) is 11.7. The number of nitrogens with zero attached hydrogens (tertiary/aromatic N) is 1. The number of thiophene rings is 1. The smallest absolute Gasteiger partial charge is 0.0555 e. The zero-order valence-corrected chi connectivity index (χ0v) is 25.9. The summed E-state index contributed by atoms with van der Waals surface area (Å²) in [6.07, 6.45) is 0. The number of fused-ring (bicyclic) bond motifs is 5. The first-order valence-electron chi connectivity index (χ1n) is 15.7. The molecule has 0 radical (unpaired) electrons. The van der Waals surface area contributed by atoms with Crippen molar-refractivity contribution in [2.24, 2.45) is 0 Å². The van der Waals surface area contributed by atoms with Crippen LogP contribution in [0.5, 0.6) is 0 Å². The van der Waals surface area contributed by atoms with Gasteiger partial charge in [-0.05, 0) is 63.2 Å². The third-order valence-corrected chi connectivity index (χ3v) is 10.2. The molecule has 0 unspecified atom stereocenters. The molecule has 0 saturated carbocycles. The van der Waals surface area contributed by atoms with Crippen molar-refractivity contribution in [1.82, 2.24) is 0 Å². The highest BCUT2D eigenvalue weighted by molar-refractivity contribution is 7.26. The Morgan fingerprint density at radius 2 is 0.891 bits per heavy atom. The minimum atomic E-state index is 1.15. The Balaban J connectivity index is 1.39. The van der Waals surface area contributed by atoms with Crippen LogP contribution in [-0.2, 0) is 0 Å². The van der Waals surface area contributed by atoms with Crippen LogP contribution in [0.25, 0.3) is 64.0 Å². The summed E-state index contributed by atoms with van der Waals surface area (Å²) in [5, 5.41) is 7.52. The maximum atomic E-state index is 2.50. The summed E-state index contributed by atoms with van der Waals surface area (Å²) in [7, 11) is 0. The molecule has 0 aliphatic rings. The number of para-hydroxylation sites is 1. The lowest BCUT2D eigenvalue weighted by molar-refractivity contribution is 1.32. The van der Waals surface area contributed by atoms with Gasteiger partial charge >= 0.3 is 0 Å². The summed E-state index contributed by atoms with van der Waals surface area (Å²) in [5.41, 5.74) is 8.38. The normalized spacial score (nSPS) is 11.5. The van der Waals surface area contributed by atoms with Crippen molar-refractivity contribution >= 4 is 70.1 Å². The third-order valence-electron chi connectivity index (χ3n) is 9.05. The quantitative estimate of drug-likeness (QED) is 0.189. The fraction of sp³-hybridized carbons (Fsp3) is 0. The number of hydrogen-bond donors (Lipinski definition) is 0. The van der Waals surface area contributed by atoms with E-state index in [9.17, 15) is 0 Å².